The van der Waals surface area contributed by atoms with Crippen LogP contribution in [0.2, 0.25) is 0 Å². The van der Waals surface area contributed by atoms with Crippen LogP contribution in [0.5, 0.6) is 0 Å². The van der Waals surface area contributed by atoms with E-state index < -0.39 is 47.9 Å². The van der Waals surface area contributed by atoms with Crippen molar-refractivity contribution in [2.75, 3.05) is 27.4 Å². The molecule has 5 aliphatic rings. The number of carbonyl (C=O) groups excluding carboxylic acids is 1. The number of hydrogen-bond donors (Lipinski definition) is 2. The first-order valence-corrected chi connectivity index (χ1v) is 17.4. The highest BCUT2D eigenvalue weighted by Gasteiger charge is 2.60. The molecule has 2 N–H and O–H groups in total. The lowest BCUT2D eigenvalue weighted by Crippen LogP contribution is -2.58. The molecule has 3 fully saturated rings. The van der Waals surface area contributed by atoms with Gasteiger partial charge in [0.2, 0.25) is 0 Å². The molecule has 5 unspecified atom stereocenters. The highest BCUT2D eigenvalue weighted by Crippen LogP contribution is 2.46. The highest BCUT2D eigenvalue weighted by molar-refractivity contribution is 5.78. The van der Waals surface area contributed by atoms with E-state index >= 15 is 0 Å². The van der Waals surface area contributed by atoms with Crippen LogP contribution in [-0.4, -0.2) is 97.9 Å². The molecule has 11 atom stereocenters. The second kappa shape index (κ2) is 15.3. The van der Waals surface area contributed by atoms with Crippen LogP contribution in [-0.2, 0) is 38.0 Å². The van der Waals surface area contributed by atoms with Crippen LogP contribution >= 0.6 is 0 Å². The molecular weight excluding hydrogens is 604 g/mol. The first-order chi connectivity index (χ1) is 22.4. The second-order valence-corrected chi connectivity index (χ2v) is 14.5. The topological polar surface area (TPSA) is 122 Å². The molecule has 10 heteroatoms. The molecule has 2 bridgehead atoms. The fraction of sp³-hybridized carbons (Fsp3) is 0.757. The lowest BCUT2D eigenvalue weighted by molar-refractivity contribution is -0.290. The minimum absolute atomic E-state index is 0.0701. The summed E-state index contributed by atoms with van der Waals surface area (Å²) in [7, 11) is 3.37. The van der Waals surface area contributed by atoms with Crippen molar-refractivity contribution in [1.82, 2.24) is 0 Å². The number of allylic oxidation sites excluding steroid dienone is 2. The van der Waals surface area contributed by atoms with Crippen LogP contribution in [0, 0.1) is 17.8 Å². The van der Waals surface area contributed by atoms with Gasteiger partial charge in [-0.15, -0.1) is 0 Å². The van der Waals surface area contributed by atoms with E-state index in [0.29, 0.717) is 55.8 Å². The van der Waals surface area contributed by atoms with Crippen LogP contribution in [0.1, 0.15) is 79.6 Å². The summed E-state index contributed by atoms with van der Waals surface area (Å²) in [5.41, 5.74) is 0.352. The Kier molecular flexibility index (Phi) is 11.9. The predicted octanol–water partition coefficient (Wildman–Crippen LogP) is 4.93. The van der Waals surface area contributed by atoms with Gasteiger partial charge in [-0.2, -0.15) is 0 Å². The van der Waals surface area contributed by atoms with E-state index in [9.17, 15) is 15.0 Å². The largest absolute Gasteiger partial charge is 0.462 e. The monoisotopic (exact) mass is 660 g/mol. The average molecular weight is 661 g/mol. The molecule has 0 saturated carbocycles. The van der Waals surface area contributed by atoms with E-state index in [0.717, 1.165) is 18.4 Å². The molecule has 264 valence electrons. The van der Waals surface area contributed by atoms with Gasteiger partial charge in [-0.05, 0) is 55.7 Å². The second-order valence-electron chi connectivity index (χ2n) is 14.5. The maximum Gasteiger partial charge on any atom is 0.316 e. The molecule has 10 nitrogen and oxygen atoms in total. The van der Waals surface area contributed by atoms with Crippen molar-refractivity contribution in [3.63, 3.8) is 0 Å². The molecule has 0 aromatic heterocycles. The van der Waals surface area contributed by atoms with E-state index in [4.69, 9.17) is 33.2 Å². The Labute approximate surface area is 280 Å². The van der Waals surface area contributed by atoms with Crippen molar-refractivity contribution in [2.24, 2.45) is 17.8 Å². The van der Waals surface area contributed by atoms with Gasteiger partial charge in [-0.3, -0.25) is 4.79 Å². The Balaban J connectivity index is 1.53. The smallest absolute Gasteiger partial charge is 0.316 e. The maximum absolute atomic E-state index is 14.0. The van der Waals surface area contributed by atoms with Gasteiger partial charge in [0.1, 0.15) is 29.8 Å². The van der Waals surface area contributed by atoms with Crippen molar-refractivity contribution in [1.29, 1.82) is 0 Å². The zero-order chi connectivity index (χ0) is 33.9. The number of carbonyl (C=O) groups is 1. The summed E-state index contributed by atoms with van der Waals surface area (Å²) in [6.07, 6.45) is 10.5. The van der Waals surface area contributed by atoms with E-state index in [2.05, 4.69) is 33.8 Å². The Hall–Kier alpha value is -1.89. The molecule has 4 heterocycles. The van der Waals surface area contributed by atoms with Crippen molar-refractivity contribution in [3.05, 3.63) is 47.1 Å². The number of esters is 1. The molecule has 1 aliphatic carbocycles. The van der Waals surface area contributed by atoms with Crippen LogP contribution in [0.25, 0.3) is 0 Å². The number of fused-ring (bicyclic) bond motifs is 2. The van der Waals surface area contributed by atoms with Crippen LogP contribution in [0.3, 0.4) is 0 Å². The summed E-state index contributed by atoms with van der Waals surface area (Å²) in [5, 5.41) is 23.3. The average Bonchev–Trinajstić information content (AvgIpc) is 3.39. The molecule has 0 radical (unpaired) electrons. The normalized spacial score (nSPS) is 43.3. The lowest BCUT2D eigenvalue weighted by Gasteiger charge is -2.45. The van der Waals surface area contributed by atoms with Gasteiger partial charge in [-0.1, -0.05) is 51.2 Å². The molecule has 5 rings (SSSR count). The van der Waals surface area contributed by atoms with Crippen LogP contribution < -0.4 is 0 Å². The van der Waals surface area contributed by atoms with Crippen molar-refractivity contribution < 1.29 is 48.2 Å². The fourth-order valence-electron chi connectivity index (χ4n) is 7.70. The summed E-state index contributed by atoms with van der Waals surface area (Å²) >= 11 is 0. The van der Waals surface area contributed by atoms with Crippen LogP contribution in [0.15, 0.2) is 47.1 Å². The Bertz CT molecular complexity index is 1220. The number of hydrogen-bond acceptors (Lipinski definition) is 10. The third-order valence-electron chi connectivity index (χ3n) is 10.7. The fourth-order valence-corrected chi connectivity index (χ4v) is 7.70. The third kappa shape index (κ3) is 7.96. The number of methoxy groups -OCH3 is 2. The number of ether oxygens (including phenoxy) is 7. The SMILES string of the molecule is COC1CCO[C@@H](O[C@@H]2/C(C)=C/CC3CC(CC(CCC(C)C)(OC)O3)OC(=O)[C@@H]3C=C(C)C(O)[C@H]4OCC(=C/C=C/[C@@H]2C)[C@]43O)C1. The zero-order valence-corrected chi connectivity index (χ0v) is 29.2. The van der Waals surface area contributed by atoms with E-state index in [1.165, 1.54) is 0 Å². The Morgan fingerprint density at radius 3 is 2.62 bits per heavy atom. The molecule has 3 saturated heterocycles. The first kappa shape index (κ1) is 36.4. The van der Waals surface area contributed by atoms with Crippen molar-refractivity contribution in [3.8, 4) is 0 Å². The van der Waals surface area contributed by atoms with E-state index in [1.54, 1.807) is 33.3 Å². The molecule has 4 aliphatic heterocycles. The third-order valence-corrected chi connectivity index (χ3v) is 10.7. The van der Waals surface area contributed by atoms with Gasteiger partial charge in [0.15, 0.2) is 12.1 Å². The highest BCUT2D eigenvalue weighted by atomic mass is 16.7. The van der Waals surface area contributed by atoms with Gasteiger partial charge < -0.3 is 43.4 Å². The summed E-state index contributed by atoms with van der Waals surface area (Å²) < 4.78 is 43.3. The van der Waals surface area contributed by atoms with Gasteiger partial charge in [0.05, 0.1) is 31.5 Å². The zero-order valence-electron chi connectivity index (χ0n) is 29.2. The van der Waals surface area contributed by atoms with Gasteiger partial charge >= 0.3 is 5.97 Å². The molecule has 0 amide bonds. The number of rotatable bonds is 7. The molecule has 0 aromatic carbocycles. The summed E-state index contributed by atoms with van der Waals surface area (Å²) in [6, 6.07) is 0. The van der Waals surface area contributed by atoms with Gasteiger partial charge in [0.25, 0.3) is 0 Å². The van der Waals surface area contributed by atoms with Crippen molar-refractivity contribution >= 4 is 5.97 Å². The van der Waals surface area contributed by atoms with Gasteiger partial charge in [0, 0.05) is 45.8 Å². The predicted molar refractivity (Wildman–Crippen MR) is 175 cm³/mol. The minimum atomic E-state index is -1.77. The van der Waals surface area contributed by atoms with Crippen molar-refractivity contribution in [2.45, 2.75) is 134 Å². The lowest BCUT2D eigenvalue weighted by atomic mass is 9.71. The summed E-state index contributed by atoms with van der Waals surface area (Å²) in [5.74, 6) is -2.15. The van der Waals surface area contributed by atoms with E-state index in [-0.39, 0.29) is 30.8 Å². The van der Waals surface area contributed by atoms with Crippen LogP contribution in [0.4, 0.5) is 0 Å². The standard InChI is InChI=1S/C37H56O10/c1-22(2)13-15-36(42-7)20-29-18-28(47-36)12-11-24(4)33(46-31-19-27(41-6)14-16-43-31)23(3)9-8-10-26-21-44-34-32(38)25(5)17-30(35(39)45-29)37(26,34)40/h8-11,17,22-23,27-34,38,40H,12-16,18-21H2,1-7H3/b9-8+,24-11+,26-10?/t23-,27?,28?,29?,30-,31-,32?,33-,34+,36?,37+/m0/s1. The quantitative estimate of drug-likeness (QED) is 0.287. The number of aliphatic hydroxyl groups is 2. The Morgan fingerprint density at radius 2 is 1.89 bits per heavy atom. The van der Waals surface area contributed by atoms with Gasteiger partial charge in [-0.25, -0.2) is 0 Å². The molecule has 0 spiro atoms. The summed E-state index contributed by atoms with van der Waals surface area (Å²) in [4.78, 5) is 14.0. The Morgan fingerprint density at radius 1 is 1.11 bits per heavy atom. The maximum atomic E-state index is 14.0. The molecular formula is C37H56O10. The molecule has 0 aromatic rings. The van der Waals surface area contributed by atoms with E-state index in [1.807, 2.05) is 12.2 Å². The summed E-state index contributed by atoms with van der Waals surface area (Å²) in [6.45, 7) is 10.9. The molecule has 47 heavy (non-hydrogen) atoms. The number of aliphatic hydroxyl groups excluding tert-OH is 1. The first-order valence-electron chi connectivity index (χ1n) is 17.4. The minimum Gasteiger partial charge on any atom is -0.462 e.